The van der Waals surface area contributed by atoms with E-state index in [1.165, 1.54) is 24.4 Å². The van der Waals surface area contributed by atoms with E-state index >= 15 is 0 Å². The highest BCUT2D eigenvalue weighted by Gasteiger charge is 2.26. The number of carboxylic acid groups (broad SMARTS) is 1. The van der Waals surface area contributed by atoms with Crippen LogP contribution in [0.3, 0.4) is 0 Å². The summed E-state index contributed by atoms with van der Waals surface area (Å²) in [7, 11) is 1.58. The zero-order valence-corrected chi connectivity index (χ0v) is 29.2. The van der Waals surface area contributed by atoms with Crippen molar-refractivity contribution in [3.63, 3.8) is 0 Å². The lowest BCUT2D eigenvalue weighted by Crippen LogP contribution is -2.46. The molecule has 13 heteroatoms. The average molecular weight is 716 g/mol. The number of amides is 1. The minimum Gasteiger partial charge on any atom is -0.481 e. The van der Waals surface area contributed by atoms with Gasteiger partial charge in [0.25, 0.3) is 5.56 Å². The molecule has 4 N–H and O–H groups in total. The molecule has 1 amide bonds. The quantitative estimate of drug-likeness (QED) is 0.127. The van der Waals surface area contributed by atoms with E-state index in [-0.39, 0.29) is 24.1 Å². The van der Waals surface area contributed by atoms with Crippen LogP contribution in [0, 0.1) is 0 Å². The Morgan fingerprint density at radius 1 is 1.00 bits per heavy atom. The number of benzene rings is 2. The second-order valence-electron chi connectivity index (χ2n) is 12.6. The fourth-order valence-corrected chi connectivity index (χ4v) is 6.50. The number of aromatic nitrogens is 3. The summed E-state index contributed by atoms with van der Waals surface area (Å²) < 4.78 is 7.05. The molecular formula is C37H36Cl2N6O5. The Hall–Kier alpha value is -4.81. The number of aliphatic carboxylic acids is 1. The van der Waals surface area contributed by atoms with Gasteiger partial charge in [-0.15, -0.1) is 0 Å². The molecule has 0 unspecified atom stereocenters. The van der Waals surface area contributed by atoms with Gasteiger partial charge in [-0.25, -0.2) is 9.97 Å². The van der Waals surface area contributed by atoms with Gasteiger partial charge in [0.1, 0.15) is 11.2 Å². The molecule has 0 aliphatic carbocycles. The van der Waals surface area contributed by atoms with Crippen molar-refractivity contribution < 1.29 is 19.4 Å². The van der Waals surface area contributed by atoms with Crippen LogP contribution in [-0.4, -0.2) is 56.6 Å². The number of halogens is 2. The third-order valence-electron chi connectivity index (χ3n) is 8.83. The van der Waals surface area contributed by atoms with Crippen molar-refractivity contribution >= 4 is 40.7 Å². The van der Waals surface area contributed by atoms with Gasteiger partial charge in [-0.1, -0.05) is 65.7 Å². The summed E-state index contributed by atoms with van der Waals surface area (Å²) in [4.78, 5) is 45.4. The molecule has 50 heavy (non-hydrogen) atoms. The third kappa shape index (κ3) is 7.22. The van der Waals surface area contributed by atoms with Crippen LogP contribution < -0.4 is 26.2 Å². The molecule has 0 saturated carbocycles. The molecule has 4 heterocycles. The highest BCUT2D eigenvalue weighted by Crippen LogP contribution is 2.42. The average Bonchev–Trinajstić information content (AvgIpc) is 3.52. The number of nitrogens with zero attached hydrogens (tertiary/aromatic N) is 3. The van der Waals surface area contributed by atoms with Gasteiger partial charge in [0.15, 0.2) is 0 Å². The summed E-state index contributed by atoms with van der Waals surface area (Å²) in [5.41, 5.74) is 4.40. The molecule has 1 atom stereocenters. The number of hydrogen-bond acceptors (Lipinski definition) is 8. The van der Waals surface area contributed by atoms with Crippen molar-refractivity contribution in [2.75, 3.05) is 13.7 Å². The first-order valence-electron chi connectivity index (χ1n) is 16.1. The van der Waals surface area contributed by atoms with Gasteiger partial charge in [0.2, 0.25) is 11.8 Å². The zero-order chi connectivity index (χ0) is 35.6. The Labute approximate surface area is 298 Å². The molecule has 0 radical (unpaired) electrons. The Morgan fingerprint density at radius 2 is 1.70 bits per heavy atom. The van der Waals surface area contributed by atoms with Crippen molar-refractivity contribution in [1.29, 1.82) is 0 Å². The van der Waals surface area contributed by atoms with Crippen LogP contribution in [0.15, 0.2) is 77.9 Å². The van der Waals surface area contributed by atoms with Gasteiger partial charge in [-0.05, 0) is 44.0 Å². The normalized spacial score (nSPS) is 14.6. The predicted molar refractivity (Wildman–Crippen MR) is 194 cm³/mol. The first-order chi connectivity index (χ1) is 24.0. The number of pyridine rings is 2. The van der Waals surface area contributed by atoms with Crippen LogP contribution >= 0.6 is 23.2 Å². The standard InChI is InChI=1S/C37H36Cl2N6O5/c1-37(2,36(48)49)42-19-23-18-41-30-16-21(14-15-45(30)35(23)47)25-6-4-7-26(32(25)38)27-8-5-9-28(33(27)39)29-12-10-22(34(44-29)50-3)17-40-20-24-11-13-31(46)43-24/h4-10,12,14-16,18,24,40,42H,11,13,17,19-20H2,1-3H3,(H,43,46)(H,48,49)/t24-/m0/s1. The molecule has 1 aliphatic rings. The fourth-order valence-electron chi connectivity index (χ4n) is 5.84. The van der Waals surface area contributed by atoms with Crippen LogP contribution in [0.5, 0.6) is 5.88 Å². The molecule has 1 aliphatic heterocycles. The zero-order valence-electron chi connectivity index (χ0n) is 27.7. The first-order valence-corrected chi connectivity index (χ1v) is 16.8. The summed E-state index contributed by atoms with van der Waals surface area (Å²) in [6.07, 6.45) is 4.47. The Bertz CT molecular complexity index is 2170. The number of carbonyl (C=O) groups is 2. The summed E-state index contributed by atoms with van der Waals surface area (Å²) in [6.45, 7) is 4.30. The topological polar surface area (TPSA) is 147 Å². The van der Waals surface area contributed by atoms with E-state index in [1.807, 2.05) is 48.5 Å². The molecule has 3 aromatic heterocycles. The minimum atomic E-state index is -1.21. The molecular weight excluding hydrogens is 679 g/mol. The van der Waals surface area contributed by atoms with E-state index in [4.69, 9.17) is 32.9 Å². The molecule has 258 valence electrons. The molecule has 0 spiro atoms. The van der Waals surface area contributed by atoms with Crippen LogP contribution in [0.4, 0.5) is 0 Å². The molecule has 11 nitrogen and oxygen atoms in total. The Kier molecular flexibility index (Phi) is 10.2. The second-order valence-corrected chi connectivity index (χ2v) is 13.4. The highest BCUT2D eigenvalue weighted by atomic mass is 35.5. The van der Waals surface area contributed by atoms with Crippen molar-refractivity contribution in [2.24, 2.45) is 0 Å². The minimum absolute atomic E-state index is 0.0511. The molecule has 5 aromatic rings. The number of methoxy groups -OCH3 is 1. The van der Waals surface area contributed by atoms with E-state index in [1.54, 1.807) is 25.4 Å². The molecule has 1 fully saturated rings. The maximum absolute atomic E-state index is 13.2. The van der Waals surface area contributed by atoms with E-state index < -0.39 is 11.5 Å². The van der Waals surface area contributed by atoms with Crippen LogP contribution in [0.1, 0.15) is 37.8 Å². The second kappa shape index (κ2) is 14.6. The van der Waals surface area contributed by atoms with Crippen LogP contribution in [0.2, 0.25) is 10.0 Å². The van der Waals surface area contributed by atoms with Gasteiger partial charge in [0.05, 0.1) is 28.4 Å². The number of ether oxygens (including phenoxy) is 1. The summed E-state index contributed by atoms with van der Waals surface area (Å²) in [5.74, 6) is -0.462. The van der Waals surface area contributed by atoms with Gasteiger partial charge in [-0.3, -0.25) is 24.1 Å². The monoisotopic (exact) mass is 714 g/mol. The lowest BCUT2D eigenvalue weighted by Gasteiger charge is -2.20. The maximum atomic E-state index is 13.2. The van der Waals surface area contributed by atoms with E-state index in [2.05, 4.69) is 20.9 Å². The highest BCUT2D eigenvalue weighted by molar-refractivity contribution is 6.39. The number of nitrogens with one attached hydrogen (secondary N) is 3. The van der Waals surface area contributed by atoms with Gasteiger partial charge in [-0.2, -0.15) is 0 Å². The fraction of sp³-hybridized carbons (Fsp3) is 0.270. The summed E-state index contributed by atoms with van der Waals surface area (Å²) in [5, 5.41) is 19.6. The van der Waals surface area contributed by atoms with Crippen molar-refractivity contribution in [3.05, 3.63) is 105 Å². The van der Waals surface area contributed by atoms with Crippen LogP contribution in [-0.2, 0) is 22.7 Å². The third-order valence-corrected chi connectivity index (χ3v) is 9.65. The van der Waals surface area contributed by atoms with Crippen molar-refractivity contribution in [3.8, 4) is 39.4 Å². The van der Waals surface area contributed by atoms with Crippen molar-refractivity contribution in [2.45, 2.75) is 51.4 Å². The number of rotatable bonds is 12. The summed E-state index contributed by atoms with van der Waals surface area (Å²) >= 11 is 14.1. The number of fused-ring (bicyclic) bond motifs is 1. The smallest absolute Gasteiger partial charge is 0.323 e. The predicted octanol–water partition coefficient (Wildman–Crippen LogP) is 5.73. The van der Waals surface area contributed by atoms with E-state index in [0.717, 1.165) is 34.2 Å². The molecule has 6 rings (SSSR count). The van der Waals surface area contributed by atoms with E-state index in [9.17, 15) is 19.5 Å². The largest absolute Gasteiger partial charge is 0.481 e. The lowest BCUT2D eigenvalue weighted by atomic mass is 9.97. The summed E-state index contributed by atoms with van der Waals surface area (Å²) in [6, 6.07) is 18.9. The molecule has 1 saturated heterocycles. The number of hydrogen-bond donors (Lipinski definition) is 4. The molecule has 2 aromatic carbocycles. The Morgan fingerprint density at radius 3 is 2.38 bits per heavy atom. The SMILES string of the molecule is COc1nc(-c2cccc(-c3cccc(-c4ccn5c(=O)c(CNC(C)(C)C(=O)O)cnc5c4)c3Cl)c2Cl)ccc1CNC[C@@H]1CCC(=O)N1. The first kappa shape index (κ1) is 35.0. The number of carbonyl (C=O) groups excluding carboxylic acids is 1. The van der Waals surface area contributed by atoms with Gasteiger partial charge in [0, 0.05) is 72.3 Å². The Balaban J connectivity index is 1.25. The van der Waals surface area contributed by atoms with Gasteiger partial charge >= 0.3 is 5.97 Å². The van der Waals surface area contributed by atoms with Crippen molar-refractivity contribution in [1.82, 2.24) is 30.3 Å². The van der Waals surface area contributed by atoms with Crippen LogP contribution in [0.25, 0.3) is 39.2 Å². The maximum Gasteiger partial charge on any atom is 0.323 e. The van der Waals surface area contributed by atoms with E-state index in [0.29, 0.717) is 57.9 Å². The molecule has 0 bridgehead atoms. The number of carboxylic acids is 1. The van der Waals surface area contributed by atoms with Gasteiger partial charge < -0.3 is 20.5 Å². The lowest BCUT2D eigenvalue weighted by molar-refractivity contribution is -0.143.